The molecule has 2 atom stereocenters. The van der Waals surface area contributed by atoms with Crippen LogP contribution in [-0.2, 0) is 0 Å². The third-order valence-corrected chi connectivity index (χ3v) is 5.30. The van der Waals surface area contributed by atoms with Crippen molar-refractivity contribution < 1.29 is 10.2 Å². The van der Waals surface area contributed by atoms with Crippen molar-refractivity contribution in [3.05, 3.63) is 77.9 Å². The first kappa shape index (κ1) is 16.1. The average Bonchev–Trinajstić information content (AvgIpc) is 3.13. The quantitative estimate of drug-likeness (QED) is 0.756. The van der Waals surface area contributed by atoms with Gasteiger partial charge in [0.05, 0.1) is 12.6 Å². The molecule has 3 nitrogen and oxygen atoms in total. The summed E-state index contributed by atoms with van der Waals surface area (Å²) >= 11 is 0. The molecule has 2 N–H and O–H groups in total. The number of benzene rings is 3. The van der Waals surface area contributed by atoms with Gasteiger partial charge in [-0.05, 0) is 41.8 Å². The second-order valence-electron chi connectivity index (χ2n) is 6.75. The number of aromatic hydroxyl groups is 1. The van der Waals surface area contributed by atoms with Gasteiger partial charge in [0.25, 0.3) is 0 Å². The Kier molecular flexibility index (Phi) is 4.43. The number of aliphatic hydroxyl groups excluding tert-OH is 1. The number of nitrogens with zero attached hydrogens (tertiary/aromatic N) is 1. The number of phenols is 1. The lowest BCUT2D eigenvalue weighted by atomic mass is 9.91. The van der Waals surface area contributed by atoms with Crippen LogP contribution >= 0.6 is 0 Å². The summed E-state index contributed by atoms with van der Waals surface area (Å²) < 4.78 is 0. The van der Waals surface area contributed by atoms with E-state index in [1.165, 1.54) is 0 Å². The second-order valence-corrected chi connectivity index (χ2v) is 6.75. The summed E-state index contributed by atoms with van der Waals surface area (Å²) in [5.74, 6) is 0.316. The Morgan fingerprint density at radius 2 is 1.72 bits per heavy atom. The van der Waals surface area contributed by atoms with E-state index < -0.39 is 0 Å². The molecule has 3 aromatic carbocycles. The molecule has 0 spiro atoms. The Balaban J connectivity index is 1.94. The van der Waals surface area contributed by atoms with Gasteiger partial charge in [0.2, 0.25) is 0 Å². The van der Waals surface area contributed by atoms with E-state index in [1.807, 2.05) is 36.4 Å². The van der Waals surface area contributed by atoms with Crippen molar-refractivity contribution in [1.29, 1.82) is 0 Å². The minimum Gasteiger partial charge on any atom is -0.508 e. The molecular formula is C22H23NO2. The molecule has 0 amide bonds. The number of hydrogen-bond donors (Lipinski definition) is 2. The van der Waals surface area contributed by atoms with E-state index in [0.29, 0.717) is 5.75 Å². The number of aliphatic hydroxyl groups is 1. The highest BCUT2D eigenvalue weighted by molar-refractivity contribution is 5.88. The van der Waals surface area contributed by atoms with Gasteiger partial charge in [0.15, 0.2) is 0 Å². The summed E-state index contributed by atoms with van der Waals surface area (Å²) in [6, 6.07) is 22.3. The molecule has 0 radical (unpaired) electrons. The lowest BCUT2D eigenvalue weighted by Crippen LogP contribution is -2.36. The summed E-state index contributed by atoms with van der Waals surface area (Å²) in [5, 5.41) is 22.8. The lowest BCUT2D eigenvalue weighted by Gasteiger charge is -2.34. The molecule has 0 bridgehead atoms. The van der Waals surface area contributed by atoms with Crippen molar-refractivity contribution >= 4 is 10.8 Å². The highest BCUT2D eigenvalue weighted by Gasteiger charge is 2.34. The van der Waals surface area contributed by atoms with Gasteiger partial charge < -0.3 is 10.2 Å². The number of fused-ring (bicyclic) bond motifs is 1. The smallest absolute Gasteiger partial charge is 0.121 e. The first-order valence-corrected chi connectivity index (χ1v) is 8.92. The van der Waals surface area contributed by atoms with Crippen LogP contribution in [0.2, 0.25) is 0 Å². The van der Waals surface area contributed by atoms with Gasteiger partial charge in [-0.2, -0.15) is 0 Å². The molecule has 3 aromatic rings. The van der Waals surface area contributed by atoms with Gasteiger partial charge in [-0.3, -0.25) is 4.90 Å². The zero-order valence-corrected chi connectivity index (χ0v) is 14.2. The van der Waals surface area contributed by atoms with Crippen LogP contribution in [0.3, 0.4) is 0 Å². The summed E-state index contributed by atoms with van der Waals surface area (Å²) in [4.78, 5) is 2.34. The molecule has 25 heavy (non-hydrogen) atoms. The second kappa shape index (κ2) is 6.87. The fraction of sp³-hybridized carbons (Fsp3) is 0.273. The van der Waals surface area contributed by atoms with Crippen LogP contribution in [0.4, 0.5) is 0 Å². The molecule has 1 aliphatic heterocycles. The molecule has 1 saturated heterocycles. The molecule has 0 aromatic heterocycles. The summed E-state index contributed by atoms with van der Waals surface area (Å²) in [5.41, 5.74) is 2.08. The standard InChI is InChI=1S/C22H23NO2/c24-15-18-10-6-14-23(18)22(17-8-2-1-3-9-17)21-19-11-5-4-7-16(19)12-13-20(21)25/h1-5,7-9,11-13,18,22,24-25H,6,10,14-15H2/t18-,22-/m1/s1. The number of hydrogen-bond acceptors (Lipinski definition) is 3. The molecule has 1 aliphatic rings. The Bertz CT molecular complexity index is 862. The van der Waals surface area contributed by atoms with Gasteiger partial charge in [0, 0.05) is 11.6 Å². The third-order valence-electron chi connectivity index (χ3n) is 5.30. The van der Waals surface area contributed by atoms with Gasteiger partial charge in [-0.25, -0.2) is 0 Å². The van der Waals surface area contributed by atoms with Crippen molar-refractivity contribution in [2.24, 2.45) is 0 Å². The first-order chi connectivity index (χ1) is 12.3. The molecule has 128 valence electrons. The van der Waals surface area contributed by atoms with Gasteiger partial charge in [0.1, 0.15) is 5.75 Å². The van der Waals surface area contributed by atoms with Crippen molar-refractivity contribution in [3.8, 4) is 5.75 Å². The van der Waals surface area contributed by atoms with Crippen molar-refractivity contribution in [2.45, 2.75) is 24.9 Å². The Morgan fingerprint density at radius 1 is 0.960 bits per heavy atom. The van der Waals surface area contributed by atoms with Crippen molar-refractivity contribution in [1.82, 2.24) is 4.90 Å². The topological polar surface area (TPSA) is 43.7 Å². The maximum atomic E-state index is 10.8. The first-order valence-electron chi connectivity index (χ1n) is 8.92. The molecule has 0 saturated carbocycles. The van der Waals surface area contributed by atoms with E-state index in [1.54, 1.807) is 6.07 Å². The Hall–Kier alpha value is -2.36. The minimum absolute atomic E-state index is 0.0630. The van der Waals surface area contributed by atoms with E-state index in [4.69, 9.17) is 0 Å². The van der Waals surface area contributed by atoms with Crippen LogP contribution < -0.4 is 0 Å². The maximum absolute atomic E-state index is 10.8. The molecular weight excluding hydrogens is 310 g/mol. The molecule has 3 heteroatoms. The van der Waals surface area contributed by atoms with Crippen LogP contribution in [-0.4, -0.2) is 34.3 Å². The van der Waals surface area contributed by atoms with Gasteiger partial charge in [-0.1, -0.05) is 60.7 Å². The molecule has 4 rings (SSSR count). The monoisotopic (exact) mass is 333 g/mol. The largest absolute Gasteiger partial charge is 0.508 e. The predicted octanol–water partition coefficient (Wildman–Crippen LogP) is 4.09. The minimum atomic E-state index is -0.0630. The van der Waals surface area contributed by atoms with E-state index in [-0.39, 0.29) is 18.7 Å². The zero-order chi connectivity index (χ0) is 17.2. The van der Waals surface area contributed by atoms with Crippen LogP contribution in [0.25, 0.3) is 10.8 Å². The number of likely N-dealkylation sites (tertiary alicyclic amines) is 1. The molecule has 0 aliphatic carbocycles. The van der Waals surface area contributed by atoms with E-state index in [0.717, 1.165) is 41.3 Å². The SMILES string of the molecule is OC[C@H]1CCCN1[C@H](c1ccccc1)c1c(O)ccc2ccccc12. The van der Waals surface area contributed by atoms with Crippen LogP contribution in [0.1, 0.15) is 30.0 Å². The van der Waals surface area contributed by atoms with E-state index in [9.17, 15) is 10.2 Å². The fourth-order valence-electron chi connectivity index (χ4n) is 4.12. The summed E-state index contributed by atoms with van der Waals surface area (Å²) in [6.45, 7) is 1.07. The molecule has 0 unspecified atom stereocenters. The fourth-order valence-corrected chi connectivity index (χ4v) is 4.12. The maximum Gasteiger partial charge on any atom is 0.121 e. The Morgan fingerprint density at radius 3 is 2.52 bits per heavy atom. The number of phenolic OH excluding ortho intramolecular Hbond substituents is 1. The average molecular weight is 333 g/mol. The normalized spacial score (nSPS) is 19.3. The molecule has 1 fully saturated rings. The highest BCUT2D eigenvalue weighted by atomic mass is 16.3. The summed E-state index contributed by atoms with van der Waals surface area (Å²) in [7, 11) is 0. The Labute approximate surface area is 148 Å². The van der Waals surface area contributed by atoms with E-state index >= 15 is 0 Å². The van der Waals surface area contributed by atoms with Crippen LogP contribution in [0.5, 0.6) is 5.75 Å². The molecule has 1 heterocycles. The zero-order valence-electron chi connectivity index (χ0n) is 14.2. The third kappa shape index (κ3) is 2.90. The van der Waals surface area contributed by atoms with Crippen LogP contribution in [0.15, 0.2) is 66.7 Å². The predicted molar refractivity (Wildman–Crippen MR) is 101 cm³/mol. The van der Waals surface area contributed by atoms with Crippen LogP contribution in [0, 0.1) is 0 Å². The summed E-state index contributed by atoms with van der Waals surface area (Å²) in [6.07, 6.45) is 2.06. The van der Waals surface area contributed by atoms with Crippen molar-refractivity contribution in [2.75, 3.05) is 13.2 Å². The van der Waals surface area contributed by atoms with E-state index in [2.05, 4.69) is 29.2 Å². The number of rotatable bonds is 4. The lowest BCUT2D eigenvalue weighted by molar-refractivity contribution is 0.133. The van der Waals surface area contributed by atoms with Crippen molar-refractivity contribution in [3.63, 3.8) is 0 Å². The highest BCUT2D eigenvalue weighted by Crippen LogP contribution is 2.41. The van der Waals surface area contributed by atoms with Gasteiger partial charge >= 0.3 is 0 Å². The van der Waals surface area contributed by atoms with Gasteiger partial charge in [-0.15, -0.1) is 0 Å².